The molecule has 92 valence electrons. The fourth-order valence-electron chi connectivity index (χ4n) is 1.78. The van der Waals surface area contributed by atoms with E-state index >= 15 is 0 Å². The first-order valence-corrected chi connectivity index (χ1v) is 5.63. The largest absolute Gasteiger partial charge is 0.327 e. The first kappa shape index (κ1) is 12.5. The van der Waals surface area contributed by atoms with Crippen LogP contribution in [-0.4, -0.2) is 6.54 Å². The lowest BCUT2D eigenvalue weighted by atomic mass is 9.97. The smallest absolute Gasteiger partial charge is 0.123 e. The van der Waals surface area contributed by atoms with Crippen molar-refractivity contribution in [3.63, 3.8) is 0 Å². The quantitative estimate of drug-likeness (QED) is 0.881. The average molecular weight is 245 g/mol. The van der Waals surface area contributed by atoms with Crippen LogP contribution in [0.3, 0.4) is 0 Å². The highest BCUT2D eigenvalue weighted by atomic mass is 19.1. The van der Waals surface area contributed by atoms with Gasteiger partial charge in [0.1, 0.15) is 11.6 Å². The van der Waals surface area contributed by atoms with Gasteiger partial charge >= 0.3 is 0 Å². The van der Waals surface area contributed by atoms with Crippen LogP contribution >= 0.6 is 0 Å². The van der Waals surface area contributed by atoms with E-state index in [0.717, 1.165) is 16.7 Å². The number of hydrogen-bond donors (Lipinski definition) is 1. The normalized spacial score (nSPS) is 10.2. The third-order valence-electron chi connectivity index (χ3n) is 2.63. The summed E-state index contributed by atoms with van der Waals surface area (Å²) in [7, 11) is 0. The van der Waals surface area contributed by atoms with Gasteiger partial charge in [-0.2, -0.15) is 0 Å². The van der Waals surface area contributed by atoms with Gasteiger partial charge in [-0.15, -0.1) is 0 Å². The Morgan fingerprint density at radius 2 is 1.22 bits per heavy atom. The fourth-order valence-corrected chi connectivity index (χ4v) is 1.78. The van der Waals surface area contributed by atoms with E-state index in [1.807, 2.05) is 6.08 Å². The first-order valence-electron chi connectivity index (χ1n) is 5.63. The molecule has 2 N–H and O–H groups in total. The minimum atomic E-state index is -0.287. The van der Waals surface area contributed by atoms with Gasteiger partial charge in [0, 0.05) is 6.54 Å². The second-order valence-corrected chi connectivity index (χ2v) is 3.87. The maximum Gasteiger partial charge on any atom is 0.123 e. The zero-order chi connectivity index (χ0) is 13.0. The summed E-state index contributed by atoms with van der Waals surface area (Å²) in [6.45, 7) is 0.365. The number of benzene rings is 2. The molecule has 3 heteroatoms. The van der Waals surface area contributed by atoms with Gasteiger partial charge in [-0.3, -0.25) is 0 Å². The van der Waals surface area contributed by atoms with Crippen LogP contribution in [0.1, 0.15) is 11.1 Å². The van der Waals surface area contributed by atoms with E-state index < -0.39 is 0 Å². The lowest BCUT2D eigenvalue weighted by molar-refractivity contribution is 0.627. The number of rotatable bonds is 3. The number of hydrogen-bond acceptors (Lipinski definition) is 1. The van der Waals surface area contributed by atoms with Crippen LogP contribution < -0.4 is 5.73 Å². The van der Waals surface area contributed by atoms with Crippen molar-refractivity contribution in [1.82, 2.24) is 0 Å². The molecule has 0 saturated heterocycles. The van der Waals surface area contributed by atoms with Gasteiger partial charge in [0.05, 0.1) is 0 Å². The van der Waals surface area contributed by atoms with Crippen molar-refractivity contribution in [2.45, 2.75) is 0 Å². The molecule has 0 saturated carbocycles. The average Bonchev–Trinajstić information content (AvgIpc) is 2.39. The fraction of sp³-hybridized carbons (Fsp3) is 0.0667. The lowest BCUT2D eigenvalue weighted by Crippen LogP contribution is -1.97. The van der Waals surface area contributed by atoms with E-state index in [-0.39, 0.29) is 11.6 Å². The van der Waals surface area contributed by atoms with Crippen LogP contribution in [0.25, 0.3) is 5.57 Å². The predicted octanol–water partition coefficient (Wildman–Crippen LogP) is 3.36. The highest BCUT2D eigenvalue weighted by molar-refractivity contribution is 5.79. The van der Waals surface area contributed by atoms with Crippen molar-refractivity contribution in [1.29, 1.82) is 0 Å². The second kappa shape index (κ2) is 5.56. The molecule has 0 atom stereocenters. The summed E-state index contributed by atoms with van der Waals surface area (Å²) in [4.78, 5) is 0. The summed E-state index contributed by atoms with van der Waals surface area (Å²) in [5.41, 5.74) is 8.12. The van der Waals surface area contributed by atoms with E-state index in [0.29, 0.717) is 6.54 Å². The van der Waals surface area contributed by atoms with Gasteiger partial charge in [0.15, 0.2) is 0 Å². The van der Waals surface area contributed by atoms with Crippen LogP contribution in [0.5, 0.6) is 0 Å². The summed E-state index contributed by atoms with van der Waals surface area (Å²) < 4.78 is 25.8. The maximum atomic E-state index is 12.9. The molecule has 2 rings (SSSR count). The molecule has 0 spiro atoms. The van der Waals surface area contributed by atoms with Gasteiger partial charge in [-0.05, 0) is 41.0 Å². The zero-order valence-electron chi connectivity index (χ0n) is 9.74. The van der Waals surface area contributed by atoms with Crippen molar-refractivity contribution in [3.8, 4) is 0 Å². The molecule has 0 radical (unpaired) electrons. The molecule has 2 aromatic rings. The maximum absolute atomic E-state index is 12.9. The molecule has 0 heterocycles. The Hall–Kier alpha value is -2.00. The lowest BCUT2D eigenvalue weighted by Gasteiger charge is -2.08. The molecule has 2 aromatic carbocycles. The third-order valence-corrected chi connectivity index (χ3v) is 2.63. The van der Waals surface area contributed by atoms with Crippen LogP contribution in [0, 0.1) is 11.6 Å². The first-order chi connectivity index (χ1) is 8.70. The molecular weight excluding hydrogens is 232 g/mol. The molecule has 0 aliphatic heterocycles. The topological polar surface area (TPSA) is 26.0 Å². The zero-order valence-corrected chi connectivity index (χ0v) is 9.74. The van der Waals surface area contributed by atoms with Gasteiger partial charge in [-0.25, -0.2) is 8.78 Å². The minimum Gasteiger partial charge on any atom is -0.327 e. The molecule has 0 aromatic heterocycles. The van der Waals surface area contributed by atoms with Crippen LogP contribution in [0.2, 0.25) is 0 Å². The molecule has 0 aliphatic rings. The van der Waals surface area contributed by atoms with Gasteiger partial charge in [-0.1, -0.05) is 30.3 Å². The Morgan fingerprint density at radius 3 is 1.56 bits per heavy atom. The Morgan fingerprint density at radius 1 is 0.833 bits per heavy atom. The van der Waals surface area contributed by atoms with Crippen molar-refractivity contribution in [2.75, 3.05) is 6.54 Å². The van der Waals surface area contributed by atoms with Crippen molar-refractivity contribution in [2.24, 2.45) is 5.73 Å². The molecule has 0 aliphatic carbocycles. The molecule has 0 fully saturated rings. The molecule has 1 nitrogen and oxygen atoms in total. The van der Waals surface area contributed by atoms with Crippen molar-refractivity contribution in [3.05, 3.63) is 77.4 Å². The summed E-state index contributed by atoms with van der Waals surface area (Å²) in [5, 5.41) is 0. The SMILES string of the molecule is NCC=C(c1ccc(F)cc1)c1ccc(F)cc1. The third kappa shape index (κ3) is 2.81. The summed E-state index contributed by atoms with van der Waals surface area (Å²) in [5.74, 6) is -0.574. The van der Waals surface area contributed by atoms with Crippen LogP contribution in [0.4, 0.5) is 8.78 Å². The molecule has 0 bridgehead atoms. The Kier molecular flexibility index (Phi) is 3.85. The number of nitrogens with two attached hydrogens (primary N) is 1. The van der Waals surface area contributed by atoms with Gasteiger partial charge < -0.3 is 5.73 Å². The highest BCUT2D eigenvalue weighted by Crippen LogP contribution is 2.23. The summed E-state index contributed by atoms with van der Waals surface area (Å²) >= 11 is 0. The van der Waals surface area contributed by atoms with E-state index in [1.54, 1.807) is 24.3 Å². The Labute approximate surface area is 105 Å². The van der Waals surface area contributed by atoms with E-state index in [9.17, 15) is 8.78 Å². The van der Waals surface area contributed by atoms with Crippen LogP contribution in [0.15, 0.2) is 54.6 Å². The van der Waals surface area contributed by atoms with E-state index in [1.165, 1.54) is 24.3 Å². The van der Waals surface area contributed by atoms with Crippen molar-refractivity contribution < 1.29 is 8.78 Å². The van der Waals surface area contributed by atoms with Crippen molar-refractivity contribution >= 4 is 5.57 Å². The van der Waals surface area contributed by atoms with Gasteiger partial charge in [0.25, 0.3) is 0 Å². The van der Waals surface area contributed by atoms with Crippen LogP contribution in [-0.2, 0) is 0 Å². The Bertz CT molecular complexity index is 494. The monoisotopic (exact) mass is 245 g/mol. The van der Waals surface area contributed by atoms with E-state index in [2.05, 4.69) is 0 Å². The molecular formula is C15H13F2N. The Balaban J connectivity index is 2.43. The summed E-state index contributed by atoms with van der Waals surface area (Å²) in [6.07, 6.45) is 1.83. The number of halogens is 2. The highest BCUT2D eigenvalue weighted by Gasteiger charge is 2.05. The molecule has 18 heavy (non-hydrogen) atoms. The molecule has 0 amide bonds. The van der Waals surface area contributed by atoms with Gasteiger partial charge in [0.2, 0.25) is 0 Å². The summed E-state index contributed by atoms with van der Waals surface area (Å²) in [6, 6.07) is 12.3. The predicted molar refractivity (Wildman–Crippen MR) is 68.9 cm³/mol. The standard InChI is InChI=1S/C15H13F2N/c16-13-5-1-11(2-6-13)15(9-10-18)12-3-7-14(17)8-4-12/h1-9H,10,18H2. The van der Waals surface area contributed by atoms with E-state index in [4.69, 9.17) is 5.73 Å². The molecule has 0 unspecified atom stereocenters. The second-order valence-electron chi connectivity index (χ2n) is 3.87. The minimum absolute atomic E-state index is 0.287.